The number of nitrogens with zero attached hydrogens (tertiary/aromatic N) is 5. The van der Waals surface area contributed by atoms with Gasteiger partial charge in [0.1, 0.15) is 0 Å². The third-order valence-electron chi connectivity index (χ3n) is 4.30. The second-order valence-corrected chi connectivity index (χ2v) is 6.35. The number of hydrogen-bond acceptors (Lipinski definition) is 6. The molecule has 1 aliphatic heterocycles. The van der Waals surface area contributed by atoms with Gasteiger partial charge in [0.15, 0.2) is 5.82 Å². The van der Waals surface area contributed by atoms with Crippen molar-refractivity contribution in [2.24, 2.45) is 0 Å². The summed E-state index contributed by atoms with van der Waals surface area (Å²) in [5, 5.41) is 17.6. The fourth-order valence-corrected chi connectivity index (χ4v) is 3.28. The first-order chi connectivity index (χ1) is 12.7. The molecule has 0 aliphatic carbocycles. The summed E-state index contributed by atoms with van der Waals surface area (Å²) in [7, 11) is 0. The molecule has 1 aliphatic rings. The van der Waals surface area contributed by atoms with Crippen molar-refractivity contribution in [1.82, 2.24) is 30.9 Å². The minimum absolute atomic E-state index is 0.0104. The van der Waals surface area contributed by atoms with Crippen molar-refractivity contribution in [3.8, 4) is 11.4 Å². The van der Waals surface area contributed by atoms with E-state index >= 15 is 0 Å². The number of halogens is 1. The molecule has 0 unspecified atom stereocenters. The molecule has 2 aromatic heterocycles. The highest BCUT2D eigenvalue weighted by molar-refractivity contribution is 6.33. The maximum absolute atomic E-state index is 13.3. The topological polar surface area (TPSA) is 99.7 Å². The molecule has 0 spiro atoms. The number of carbonyl (C=O) groups excluding carboxylic acids is 1. The molecule has 2 N–H and O–H groups in total. The molecule has 132 valence electrons. The molecule has 9 heteroatoms. The summed E-state index contributed by atoms with van der Waals surface area (Å²) in [6.07, 6.45) is 2.47. The lowest BCUT2D eigenvalue weighted by molar-refractivity contribution is 0.0977. The average molecular weight is 370 g/mol. The van der Waals surface area contributed by atoms with Gasteiger partial charge in [-0.15, -0.1) is 10.2 Å². The normalized spacial score (nSPS) is 16.6. The van der Waals surface area contributed by atoms with Crippen molar-refractivity contribution >= 4 is 23.3 Å². The van der Waals surface area contributed by atoms with Gasteiger partial charge < -0.3 is 5.32 Å². The smallest absolute Gasteiger partial charge is 0.259 e. The number of carbonyl (C=O) groups is 1. The Balaban J connectivity index is 1.73. The lowest BCUT2D eigenvalue weighted by Crippen LogP contribution is -2.42. The summed E-state index contributed by atoms with van der Waals surface area (Å²) in [4.78, 5) is 19.4. The number of amides is 1. The van der Waals surface area contributed by atoms with E-state index in [4.69, 9.17) is 11.6 Å². The highest BCUT2D eigenvalue weighted by Gasteiger charge is 2.31. The van der Waals surface area contributed by atoms with E-state index in [1.807, 2.05) is 6.07 Å². The summed E-state index contributed by atoms with van der Waals surface area (Å²) in [6.45, 7) is 1.55. The number of pyridine rings is 1. The zero-order valence-corrected chi connectivity index (χ0v) is 14.5. The van der Waals surface area contributed by atoms with E-state index < -0.39 is 0 Å². The van der Waals surface area contributed by atoms with E-state index in [9.17, 15) is 4.79 Å². The largest absolute Gasteiger partial charge is 0.315 e. The summed E-state index contributed by atoms with van der Waals surface area (Å²) in [5.41, 5.74) is 1.22. The van der Waals surface area contributed by atoms with Gasteiger partial charge in [-0.2, -0.15) is 5.21 Å². The van der Waals surface area contributed by atoms with Crippen LogP contribution in [0.3, 0.4) is 0 Å². The molecule has 1 saturated heterocycles. The molecule has 1 fully saturated rings. The van der Waals surface area contributed by atoms with Gasteiger partial charge in [-0.1, -0.05) is 23.7 Å². The van der Waals surface area contributed by atoms with Crippen LogP contribution in [-0.2, 0) is 0 Å². The van der Waals surface area contributed by atoms with Crippen LogP contribution in [0.25, 0.3) is 11.4 Å². The summed E-state index contributed by atoms with van der Waals surface area (Å²) < 4.78 is 0. The molecule has 3 heterocycles. The third-order valence-corrected chi connectivity index (χ3v) is 4.59. The van der Waals surface area contributed by atoms with Crippen LogP contribution >= 0.6 is 11.6 Å². The third kappa shape index (κ3) is 3.16. The van der Waals surface area contributed by atoms with Gasteiger partial charge in [-0.3, -0.25) is 9.69 Å². The van der Waals surface area contributed by atoms with Crippen LogP contribution in [0, 0.1) is 0 Å². The molecule has 8 nitrogen and oxygen atoms in total. The minimum Gasteiger partial charge on any atom is -0.315 e. The van der Waals surface area contributed by atoms with E-state index in [-0.39, 0.29) is 11.9 Å². The Morgan fingerprint density at radius 1 is 1.27 bits per heavy atom. The van der Waals surface area contributed by atoms with Crippen molar-refractivity contribution in [1.29, 1.82) is 0 Å². The van der Waals surface area contributed by atoms with Crippen molar-refractivity contribution < 1.29 is 4.79 Å². The number of aromatic nitrogens is 5. The van der Waals surface area contributed by atoms with Crippen molar-refractivity contribution in [3.63, 3.8) is 0 Å². The van der Waals surface area contributed by atoms with Crippen LogP contribution in [0.4, 0.5) is 5.82 Å². The van der Waals surface area contributed by atoms with E-state index in [1.165, 1.54) is 0 Å². The Morgan fingerprint density at radius 3 is 2.92 bits per heavy atom. The standard InChI is InChI=1S/C17H16ClN7O/c18-14-5-2-7-20-16(14)25(13-6-8-19-10-13)17(26)12-4-1-3-11(9-12)15-21-23-24-22-15/h1-5,7,9,13,19H,6,8,10H2,(H,21,22,23,24)/t13-/m0/s1. The van der Waals surface area contributed by atoms with Crippen molar-refractivity contribution in [2.75, 3.05) is 18.0 Å². The Labute approximate surface area is 154 Å². The number of H-pyrrole nitrogens is 1. The monoisotopic (exact) mass is 369 g/mol. The number of nitrogens with one attached hydrogen (secondary N) is 2. The number of tetrazole rings is 1. The lowest BCUT2D eigenvalue weighted by atomic mass is 10.1. The van der Waals surface area contributed by atoms with Crippen LogP contribution in [0.1, 0.15) is 16.8 Å². The van der Waals surface area contributed by atoms with Crippen LogP contribution < -0.4 is 10.2 Å². The van der Waals surface area contributed by atoms with Crippen LogP contribution in [0.2, 0.25) is 5.02 Å². The first-order valence-electron chi connectivity index (χ1n) is 8.23. The van der Waals surface area contributed by atoms with Gasteiger partial charge in [0.2, 0.25) is 5.82 Å². The molecule has 0 radical (unpaired) electrons. The molecule has 0 bridgehead atoms. The number of hydrogen-bond donors (Lipinski definition) is 2. The highest BCUT2D eigenvalue weighted by Crippen LogP contribution is 2.28. The van der Waals surface area contributed by atoms with Gasteiger partial charge in [-0.25, -0.2) is 4.98 Å². The Morgan fingerprint density at radius 2 is 2.19 bits per heavy atom. The predicted molar refractivity (Wildman–Crippen MR) is 96.9 cm³/mol. The molecule has 1 atom stereocenters. The molecule has 26 heavy (non-hydrogen) atoms. The minimum atomic E-state index is -0.162. The second-order valence-electron chi connectivity index (χ2n) is 5.95. The average Bonchev–Trinajstić information content (AvgIpc) is 3.38. The molecular formula is C17H16ClN7O. The van der Waals surface area contributed by atoms with E-state index in [0.29, 0.717) is 34.3 Å². The Bertz CT molecular complexity index is 909. The first kappa shape index (κ1) is 16.6. The molecule has 3 aromatic rings. The number of anilines is 1. The van der Waals surface area contributed by atoms with E-state index in [0.717, 1.165) is 13.0 Å². The van der Waals surface area contributed by atoms with Gasteiger partial charge in [0.05, 0.1) is 11.1 Å². The highest BCUT2D eigenvalue weighted by atomic mass is 35.5. The Hall–Kier alpha value is -2.84. The second kappa shape index (κ2) is 7.19. The summed E-state index contributed by atoms with van der Waals surface area (Å²) >= 11 is 6.33. The molecule has 0 saturated carbocycles. The first-order valence-corrected chi connectivity index (χ1v) is 8.60. The van der Waals surface area contributed by atoms with Crippen molar-refractivity contribution in [3.05, 3.63) is 53.2 Å². The van der Waals surface area contributed by atoms with E-state index in [2.05, 4.69) is 30.9 Å². The zero-order chi connectivity index (χ0) is 17.9. The number of rotatable bonds is 4. The number of benzene rings is 1. The van der Waals surface area contributed by atoms with Gasteiger partial charge >= 0.3 is 0 Å². The maximum atomic E-state index is 13.3. The van der Waals surface area contributed by atoms with Crippen LogP contribution in [0.15, 0.2) is 42.6 Å². The quantitative estimate of drug-likeness (QED) is 0.728. The Kier molecular flexibility index (Phi) is 4.59. The zero-order valence-electron chi connectivity index (χ0n) is 13.8. The molecule has 1 amide bonds. The SMILES string of the molecule is O=C(c1cccc(-c2nn[nH]n2)c1)N(c1ncccc1Cl)[C@H]1CCNC1. The summed E-state index contributed by atoms with van der Waals surface area (Å²) in [5.74, 6) is 0.743. The van der Waals surface area contributed by atoms with Crippen molar-refractivity contribution in [2.45, 2.75) is 12.5 Å². The van der Waals surface area contributed by atoms with E-state index in [1.54, 1.807) is 41.4 Å². The van der Waals surface area contributed by atoms with Gasteiger partial charge in [-0.05, 0) is 42.4 Å². The molecule has 4 rings (SSSR count). The fourth-order valence-electron chi connectivity index (χ4n) is 3.06. The lowest BCUT2D eigenvalue weighted by Gasteiger charge is -2.28. The van der Waals surface area contributed by atoms with Crippen LogP contribution in [-0.4, -0.2) is 50.6 Å². The molecule has 1 aromatic carbocycles. The van der Waals surface area contributed by atoms with Gasteiger partial charge in [0.25, 0.3) is 5.91 Å². The maximum Gasteiger partial charge on any atom is 0.259 e. The summed E-state index contributed by atoms with van der Waals surface area (Å²) in [6, 6.07) is 10.6. The number of aromatic amines is 1. The predicted octanol–water partition coefficient (Wildman–Crippen LogP) is 1.92. The fraction of sp³-hybridized carbons (Fsp3) is 0.235. The van der Waals surface area contributed by atoms with Gasteiger partial charge in [0, 0.05) is 23.9 Å². The van der Waals surface area contributed by atoms with Crippen LogP contribution in [0.5, 0.6) is 0 Å². The molecular weight excluding hydrogens is 354 g/mol.